The summed E-state index contributed by atoms with van der Waals surface area (Å²) < 4.78 is 5.38. The lowest BCUT2D eigenvalue weighted by Crippen LogP contribution is -2.60. The number of carbonyl (C=O) groups excluding carboxylic acids is 2. The van der Waals surface area contributed by atoms with Crippen LogP contribution in [0, 0.1) is 0 Å². The predicted octanol–water partition coefficient (Wildman–Crippen LogP) is 2.40. The topological polar surface area (TPSA) is 65.6 Å². The van der Waals surface area contributed by atoms with E-state index in [1.807, 2.05) is 31.3 Å². The molecular weight excluding hydrogens is 318 g/mol. The van der Waals surface area contributed by atoms with Gasteiger partial charge in [-0.05, 0) is 43.9 Å². The molecule has 2 aliphatic heterocycles. The van der Waals surface area contributed by atoms with Gasteiger partial charge in [0.2, 0.25) is 5.91 Å². The fourth-order valence-corrected chi connectivity index (χ4v) is 4.40. The number of hydrogen-bond donors (Lipinski definition) is 1. The van der Waals surface area contributed by atoms with E-state index >= 15 is 0 Å². The van der Waals surface area contributed by atoms with Gasteiger partial charge in [0.25, 0.3) is 5.91 Å². The predicted molar refractivity (Wildman–Crippen MR) is 94.7 cm³/mol. The Bertz CT molecular complexity index is 844. The zero-order valence-corrected chi connectivity index (χ0v) is 14.7. The summed E-state index contributed by atoms with van der Waals surface area (Å²) in [6.45, 7) is 1.40. The number of piperidine rings is 1. The monoisotopic (exact) mass is 341 g/mol. The fourth-order valence-electron chi connectivity index (χ4n) is 4.40. The van der Waals surface area contributed by atoms with Crippen LogP contribution in [0.2, 0.25) is 0 Å². The van der Waals surface area contributed by atoms with Crippen LogP contribution in [0.3, 0.4) is 0 Å². The zero-order chi connectivity index (χ0) is 17.6. The third-order valence-corrected chi connectivity index (χ3v) is 5.64. The molecule has 6 heteroatoms. The highest BCUT2D eigenvalue weighted by Crippen LogP contribution is 2.39. The molecule has 0 radical (unpaired) electrons. The van der Waals surface area contributed by atoms with Crippen LogP contribution >= 0.6 is 0 Å². The van der Waals surface area contributed by atoms with Crippen molar-refractivity contribution in [3.8, 4) is 5.75 Å². The van der Waals surface area contributed by atoms with Gasteiger partial charge in [-0.3, -0.25) is 9.59 Å². The summed E-state index contributed by atoms with van der Waals surface area (Å²) in [5.74, 6) is 0.718. The van der Waals surface area contributed by atoms with Crippen LogP contribution in [0.25, 0.3) is 10.9 Å². The Morgan fingerprint density at radius 1 is 1.24 bits per heavy atom. The molecule has 3 heterocycles. The van der Waals surface area contributed by atoms with Gasteiger partial charge >= 0.3 is 0 Å². The molecule has 1 spiro atoms. The highest BCUT2D eigenvalue weighted by molar-refractivity contribution is 6.02. The van der Waals surface area contributed by atoms with Crippen molar-refractivity contribution in [1.29, 1.82) is 0 Å². The number of nitrogens with one attached hydrogen (secondary N) is 1. The van der Waals surface area contributed by atoms with Crippen LogP contribution in [0.15, 0.2) is 24.3 Å². The molecule has 2 amide bonds. The number of methoxy groups -OCH3 is 1. The van der Waals surface area contributed by atoms with Crippen molar-refractivity contribution in [2.24, 2.45) is 0 Å². The number of carbonyl (C=O) groups is 2. The van der Waals surface area contributed by atoms with E-state index in [1.165, 1.54) is 0 Å². The maximum absolute atomic E-state index is 13.2. The maximum Gasteiger partial charge on any atom is 0.271 e. The smallest absolute Gasteiger partial charge is 0.271 e. The second-order valence-corrected chi connectivity index (χ2v) is 7.03. The van der Waals surface area contributed by atoms with E-state index in [0.717, 1.165) is 48.9 Å². The van der Waals surface area contributed by atoms with Gasteiger partial charge in [-0.25, -0.2) is 0 Å². The first-order chi connectivity index (χ1) is 12.1. The molecule has 2 fully saturated rings. The molecule has 25 heavy (non-hydrogen) atoms. The minimum absolute atomic E-state index is 0.0818. The van der Waals surface area contributed by atoms with Gasteiger partial charge in [0.1, 0.15) is 17.0 Å². The average Bonchev–Trinajstić information content (AvgIpc) is 3.23. The molecule has 1 aromatic heterocycles. The molecule has 1 unspecified atom stereocenters. The molecule has 2 aliphatic rings. The van der Waals surface area contributed by atoms with Crippen LogP contribution in [0.5, 0.6) is 5.75 Å². The van der Waals surface area contributed by atoms with Gasteiger partial charge in [-0.15, -0.1) is 0 Å². The van der Waals surface area contributed by atoms with E-state index in [1.54, 1.807) is 16.9 Å². The summed E-state index contributed by atoms with van der Waals surface area (Å²) in [7, 11) is 3.45. The summed E-state index contributed by atoms with van der Waals surface area (Å²) in [5.41, 5.74) is 0.718. The molecule has 2 aromatic rings. The number of nitrogens with zero attached hydrogens (tertiary/aromatic N) is 2. The largest absolute Gasteiger partial charge is 0.496 e. The number of rotatable bonds is 2. The van der Waals surface area contributed by atoms with E-state index in [-0.39, 0.29) is 11.8 Å². The second-order valence-electron chi connectivity index (χ2n) is 7.03. The molecule has 4 rings (SSSR count). The summed E-state index contributed by atoms with van der Waals surface area (Å²) in [6, 6.07) is 7.53. The fraction of sp³-hybridized carbons (Fsp3) is 0.474. The van der Waals surface area contributed by atoms with Crippen LogP contribution < -0.4 is 4.74 Å². The minimum atomic E-state index is -0.661. The first-order valence-corrected chi connectivity index (χ1v) is 8.80. The van der Waals surface area contributed by atoms with E-state index in [9.17, 15) is 9.59 Å². The van der Waals surface area contributed by atoms with Gasteiger partial charge < -0.3 is 19.5 Å². The van der Waals surface area contributed by atoms with Crippen molar-refractivity contribution in [3.63, 3.8) is 0 Å². The molecule has 2 saturated heterocycles. The highest BCUT2D eigenvalue weighted by atomic mass is 16.5. The Hall–Kier alpha value is -2.50. The van der Waals surface area contributed by atoms with Crippen molar-refractivity contribution in [3.05, 3.63) is 30.0 Å². The number of aromatic nitrogens is 1. The average molecular weight is 341 g/mol. The Labute approximate surface area is 146 Å². The molecule has 1 N–H and O–H groups in total. The molecule has 6 nitrogen and oxygen atoms in total. The Morgan fingerprint density at radius 3 is 2.76 bits per heavy atom. The Kier molecular flexibility index (Phi) is 3.71. The van der Waals surface area contributed by atoms with E-state index < -0.39 is 5.54 Å². The van der Waals surface area contributed by atoms with Crippen LogP contribution in [0.1, 0.15) is 36.2 Å². The molecular formula is C19H23N3O3. The quantitative estimate of drug-likeness (QED) is 0.912. The number of likely N-dealkylation sites (N-methyl/N-ethyl adjacent to an activating group) is 1. The number of ether oxygens (including phenoxy) is 1. The number of likely N-dealkylation sites (tertiary alicyclic amines) is 2. The van der Waals surface area contributed by atoms with Crippen molar-refractivity contribution >= 4 is 22.7 Å². The summed E-state index contributed by atoms with van der Waals surface area (Å²) >= 11 is 0. The molecule has 132 valence electrons. The molecule has 0 aliphatic carbocycles. The molecule has 1 atom stereocenters. The lowest BCUT2D eigenvalue weighted by molar-refractivity contribution is -0.144. The number of H-pyrrole nitrogens is 1. The van der Waals surface area contributed by atoms with E-state index in [2.05, 4.69) is 4.98 Å². The second kappa shape index (κ2) is 5.79. The third-order valence-electron chi connectivity index (χ3n) is 5.64. The lowest BCUT2D eigenvalue weighted by Gasteiger charge is -2.43. The number of hydrogen-bond acceptors (Lipinski definition) is 3. The van der Waals surface area contributed by atoms with Gasteiger partial charge in [0.15, 0.2) is 0 Å². The number of benzene rings is 1. The summed E-state index contributed by atoms with van der Waals surface area (Å²) in [4.78, 5) is 32.9. The third kappa shape index (κ3) is 2.31. The maximum atomic E-state index is 13.2. The number of fused-ring (bicyclic) bond motifs is 1. The molecule has 0 bridgehead atoms. The first kappa shape index (κ1) is 16.0. The van der Waals surface area contributed by atoms with Crippen LogP contribution in [0.4, 0.5) is 0 Å². The minimum Gasteiger partial charge on any atom is -0.496 e. The van der Waals surface area contributed by atoms with Crippen molar-refractivity contribution in [2.75, 3.05) is 27.2 Å². The SMILES string of the molecule is COc1cccc2[nH]c(C(=O)N3CCCC34CCCN(C)C4=O)cc12. The van der Waals surface area contributed by atoms with E-state index in [0.29, 0.717) is 12.2 Å². The summed E-state index contributed by atoms with van der Waals surface area (Å²) in [6.07, 6.45) is 3.32. The van der Waals surface area contributed by atoms with Gasteiger partial charge in [0, 0.05) is 31.0 Å². The van der Waals surface area contributed by atoms with Crippen LogP contribution in [-0.4, -0.2) is 59.4 Å². The van der Waals surface area contributed by atoms with E-state index in [4.69, 9.17) is 4.74 Å². The molecule has 1 aromatic carbocycles. The van der Waals surface area contributed by atoms with Gasteiger partial charge in [-0.2, -0.15) is 0 Å². The zero-order valence-electron chi connectivity index (χ0n) is 14.7. The Balaban J connectivity index is 1.72. The lowest BCUT2D eigenvalue weighted by atomic mass is 9.85. The number of amides is 2. The Morgan fingerprint density at radius 2 is 2.00 bits per heavy atom. The molecule has 0 saturated carbocycles. The van der Waals surface area contributed by atoms with Gasteiger partial charge in [-0.1, -0.05) is 6.07 Å². The summed E-state index contributed by atoms with van der Waals surface area (Å²) in [5, 5.41) is 0.883. The number of aromatic amines is 1. The first-order valence-electron chi connectivity index (χ1n) is 8.80. The van der Waals surface area contributed by atoms with Crippen LogP contribution in [-0.2, 0) is 4.79 Å². The van der Waals surface area contributed by atoms with Crippen molar-refractivity contribution < 1.29 is 14.3 Å². The highest BCUT2D eigenvalue weighted by Gasteiger charge is 2.52. The van der Waals surface area contributed by atoms with Crippen molar-refractivity contribution in [2.45, 2.75) is 31.2 Å². The van der Waals surface area contributed by atoms with Gasteiger partial charge in [0.05, 0.1) is 7.11 Å². The standard InChI is InChI=1S/C19H23N3O3/c1-21-10-4-8-19(18(21)24)9-5-11-22(19)17(23)15-12-13-14(20-15)6-3-7-16(13)25-2/h3,6-7,12,20H,4-5,8-11H2,1-2H3. The normalized spacial score (nSPS) is 23.7. The van der Waals surface area contributed by atoms with Crippen molar-refractivity contribution in [1.82, 2.24) is 14.8 Å².